The van der Waals surface area contributed by atoms with Crippen LogP contribution in [0.3, 0.4) is 0 Å². The third-order valence-corrected chi connectivity index (χ3v) is 4.01. The number of nitrogens with one attached hydrogen (secondary N) is 1. The molecule has 25 heavy (non-hydrogen) atoms. The van der Waals surface area contributed by atoms with Crippen LogP contribution in [0.2, 0.25) is 0 Å². The second kappa shape index (κ2) is 7.54. The van der Waals surface area contributed by atoms with E-state index in [-0.39, 0.29) is 5.92 Å². The number of alkyl carbamates (subject to hydrolysis) is 1. The number of rotatable bonds is 3. The van der Waals surface area contributed by atoms with Crippen molar-refractivity contribution in [1.29, 1.82) is 0 Å². The van der Waals surface area contributed by atoms with Crippen LogP contribution >= 0.6 is 0 Å². The lowest BCUT2D eigenvalue weighted by molar-refractivity contribution is -0.137. The number of carbonyl (C=O) groups is 1. The number of hydrogen-bond acceptors (Lipinski definition) is 3. The highest BCUT2D eigenvalue weighted by molar-refractivity contribution is 5.67. The molecule has 1 N–H and O–H groups in total. The monoisotopic (exact) mass is 358 g/mol. The van der Waals surface area contributed by atoms with Gasteiger partial charge in [-0.3, -0.25) is 0 Å². The molecule has 140 valence electrons. The van der Waals surface area contributed by atoms with Gasteiger partial charge in [-0.2, -0.15) is 13.2 Å². The Labute approximate surface area is 146 Å². The fourth-order valence-electron chi connectivity index (χ4n) is 2.87. The molecule has 1 atom stereocenters. The Balaban J connectivity index is 1.89. The van der Waals surface area contributed by atoms with Crippen LogP contribution in [0.15, 0.2) is 24.3 Å². The molecule has 1 saturated heterocycles. The molecule has 1 aliphatic rings. The van der Waals surface area contributed by atoms with Gasteiger partial charge in [-0.15, -0.1) is 0 Å². The van der Waals surface area contributed by atoms with Gasteiger partial charge in [0.25, 0.3) is 0 Å². The summed E-state index contributed by atoms with van der Waals surface area (Å²) in [5, 5.41) is 2.77. The first-order valence-corrected chi connectivity index (χ1v) is 8.44. The van der Waals surface area contributed by atoms with Crippen LogP contribution in [-0.2, 0) is 10.9 Å². The van der Waals surface area contributed by atoms with Crippen molar-refractivity contribution in [2.45, 2.75) is 45.4 Å². The Morgan fingerprint density at radius 3 is 2.44 bits per heavy atom. The van der Waals surface area contributed by atoms with Crippen molar-refractivity contribution in [3.63, 3.8) is 0 Å². The van der Waals surface area contributed by atoms with E-state index >= 15 is 0 Å². The van der Waals surface area contributed by atoms with Crippen LogP contribution in [0.5, 0.6) is 0 Å². The van der Waals surface area contributed by atoms with Gasteiger partial charge in [-0.25, -0.2) is 4.79 Å². The Hall–Kier alpha value is -1.92. The van der Waals surface area contributed by atoms with Gasteiger partial charge < -0.3 is 15.0 Å². The molecule has 0 saturated carbocycles. The molecule has 1 heterocycles. The van der Waals surface area contributed by atoms with Gasteiger partial charge in [0.1, 0.15) is 5.60 Å². The summed E-state index contributed by atoms with van der Waals surface area (Å²) in [6.45, 7) is 7.40. The lowest BCUT2D eigenvalue weighted by Gasteiger charge is -2.34. The van der Waals surface area contributed by atoms with Gasteiger partial charge in [0, 0.05) is 25.3 Å². The summed E-state index contributed by atoms with van der Waals surface area (Å²) in [7, 11) is 0. The Kier molecular flexibility index (Phi) is 5.85. The summed E-state index contributed by atoms with van der Waals surface area (Å²) in [6, 6.07) is 5.23. The zero-order chi connectivity index (χ0) is 18.7. The zero-order valence-electron chi connectivity index (χ0n) is 14.8. The minimum atomic E-state index is -4.32. The molecule has 0 aliphatic carbocycles. The maximum Gasteiger partial charge on any atom is 0.416 e. The molecule has 1 aliphatic heterocycles. The first-order chi connectivity index (χ1) is 11.5. The van der Waals surface area contributed by atoms with Crippen molar-refractivity contribution in [2.75, 3.05) is 24.5 Å². The number of nitrogens with zero attached hydrogens (tertiary/aromatic N) is 1. The summed E-state index contributed by atoms with van der Waals surface area (Å²) in [5.74, 6) is 0.239. The molecule has 7 heteroatoms. The van der Waals surface area contributed by atoms with E-state index in [0.717, 1.165) is 37.2 Å². The fraction of sp³-hybridized carbons (Fsp3) is 0.611. The largest absolute Gasteiger partial charge is 0.444 e. The molecular formula is C18H25F3N2O2. The number of amides is 1. The summed E-state index contributed by atoms with van der Waals surface area (Å²) in [5.41, 5.74) is -0.408. The highest BCUT2D eigenvalue weighted by Gasteiger charge is 2.30. The van der Waals surface area contributed by atoms with Crippen molar-refractivity contribution in [2.24, 2.45) is 5.92 Å². The van der Waals surface area contributed by atoms with E-state index in [1.54, 1.807) is 20.8 Å². The Morgan fingerprint density at radius 2 is 1.88 bits per heavy atom. The minimum Gasteiger partial charge on any atom is -0.444 e. The van der Waals surface area contributed by atoms with Gasteiger partial charge in [0.15, 0.2) is 0 Å². The lowest BCUT2D eigenvalue weighted by Crippen LogP contribution is -2.42. The second-order valence-electron chi connectivity index (χ2n) is 7.38. The van der Waals surface area contributed by atoms with Gasteiger partial charge in [0.2, 0.25) is 0 Å². The van der Waals surface area contributed by atoms with Crippen molar-refractivity contribution < 1.29 is 22.7 Å². The first kappa shape index (κ1) is 19.4. The van der Waals surface area contributed by atoms with E-state index in [9.17, 15) is 18.0 Å². The molecule has 0 bridgehead atoms. The maximum absolute atomic E-state index is 12.7. The van der Waals surface area contributed by atoms with Gasteiger partial charge in [-0.1, -0.05) is 0 Å². The summed E-state index contributed by atoms with van der Waals surface area (Å²) < 4.78 is 43.2. The van der Waals surface area contributed by atoms with Crippen LogP contribution in [0.1, 0.15) is 39.2 Å². The van der Waals surface area contributed by atoms with Gasteiger partial charge in [0.05, 0.1) is 5.56 Å². The molecule has 0 radical (unpaired) electrons. The van der Waals surface area contributed by atoms with Crippen molar-refractivity contribution in [3.05, 3.63) is 29.8 Å². The highest BCUT2D eigenvalue weighted by atomic mass is 19.4. The quantitative estimate of drug-likeness (QED) is 0.868. The highest BCUT2D eigenvalue weighted by Crippen LogP contribution is 2.31. The number of ether oxygens (including phenoxy) is 1. The molecule has 1 amide bonds. The SMILES string of the molecule is CC(C)(C)OC(=O)NCC1CCCN(c2ccc(C(F)(F)F)cc2)C1. The predicted molar refractivity (Wildman–Crippen MR) is 90.6 cm³/mol. The molecule has 2 rings (SSSR count). The van der Waals surface area contributed by atoms with E-state index in [4.69, 9.17) is 4.74 Å². The number of hydrogen-bond donors (Lipinski definition) is 1. The average molecular weight is 358 g/mol. The topological polar surface area (TPSA) is 41.6 Å². The van der Waals surface area contributed by atoms with E-state index in [1.165, 1.54) is 12.1 Å². The first-order valence-electron chi connectivity index (χ1n) is 8.44. The summed E-state index contributed by atoms with van der Waals surface area (Å²) in [6.07, 6.45) is -2.87. The van der Waals surface area contributed by atoms with Crippen molar-refractivity contribution in [1.82, 2.24) is 5.32 Å². The summed E-state index contributed by atoms with van der Waals surface area (Å²) in [4.78, 5) is 13.8. The van der Waals surface area contributed by atoms with E-state index < -0.39 is 23.4 Å². The maximum atomic E-state index is 12.7. The number of benzene rings is 1. The molecular weight excluding hydrogens is 333 g/mol. The molecule has 0 aromatic heterocycles. The summed E-state index contributed by atoms with van der Waals surface area (Å²) >= 11 is 0. The van der Waals surface area contributed by atoms with Crippen molar-refractivity contribution in [3.8, 4) is 0 Å². The van der Waals surface area contributed by atoms with Crippen LogP contribution in [0.4, 0.5) is 23.7 Å². The molecule has 4 nitrogen and oxygen atoms in total. The number of alkyl halides is 3. The third kappa shape index (κ3) is 6.14. The van der Waals surface area contributed by atoms with Gasteiger partial charge in [-0.05, 0) is 63.8 Å². The smallest absolute Gasteiger partial charge is 0.416 e. The van der Waals surface area contributed by atoms with Crippen LogP contribution < -0.4 is 10.2 Å². The predicted octanol–water partition coefficient (Wildman–Crippen LogP) is 4.45. The molecule has 1 aromatic rings. The Bertz CT molecular complexity index is 579. The van der Waals surface area contributed by atoms with Crippen LogP contribution in [-0.4, -0.2) is 31.3 Å². The minimum absolute atomic E-state index is 0.239. The Morgan fingerprint density at radius 1 is 1.24 bits per heavy atom. The standard InChI is InChI=1S/C18H25F3N2O2/c1-17(2,3)25-16(24)22-11-13-5-4-10-23(12-13)15-8-6-14(7-9-15)18(19,20)21/h6-9,13H,4-5,10-12H2,1-3H3,(H,22,24). The number of carbonyl (C=O) groups excluding carboxylic acids is 1. The number of piperidine rings is 1. The number of halogens is 3. The molecule has 1 aromatic carbocycles. The van der Waals surface area contributed by atoms with Crippen molar-refractivity contribution >= 4 is 11.8 Å². The second-order valence-corrected chi connectivity index (χ2v) is 7.38. The normalized spacial score (nSPS) is 18.8. The average Bonchev–Trinajstić information content (AvgIpc) is 2.51. The molecule has 0 spiro atoms. The van der Waals surface area contributed by atoms with Gasteiger partial charge >= 0.3 is 12.3 Å². The van der Waals surface area contributed by atoms with E-state index in [1.807, 2.05) is 0 Å². The van der Waals surface area contributed by atoms with E-state index in [0.29, 0.717) is 13.1 Å². The van der Waals surface area contributed by atoms with Crippen LogP contribution in [0.25, 0.3) is 0 Å². The van der Waals surface area contributed by atoms with E-state index in [2.05, 4.69) is 10.2 Å². The fourth-order valence-corrected chi connectivity index (χ4v) is 2.87. The lowest BCUT2D eigenvalue weighted by atomic mass is 9.97. The molecule has 1 fully saturated rings. The number of anilines is 1. The zero-order valence-corrected chi connectivity index (χ0v) is 14.8. The van der Waals surface area contributed by atoms with Crippen LogP contribution in [0, 0.1) is 5.92 Å². The third-order valence-electron chi connectivity index (χ3n) is 4.01. The molecule has 1 unspecified atom stereocenters.